The molecule has 1 amide bonds. The van der Waals surface area contributed by atoms with E-state index in [0.717, 1.165) is 31.7 Å². The molecule has 0 aliphatic carbocycles. The summed E-state index contributed by atoms with van der Waals surface area (Å²) in [5, 5.41) is 13.1. The molecule has 5 heteroatoms. The molecule has 1 aliphatic heterocycles. The fraction of sp³-hybridized carbons (Fsp3) is 0.350. The van der Waals surface area contributed by atoms with Crippen molar-refractivity contribution in [1.29, 1.82) is 0 Å². The summed E-state index contributed by atoms with van der Waals surface area (Å²) in [4.78, 5) is 14.7. The van der Waals surface area contributed by atoms with Crippen molar-refractivity contribution in [3.8, 4) is 0 Å². The standard InChI is InChI=1S/C20H23FN2O2/c1-2-23-10-9-17-15(13-23)6-4-8-18(17)22-20(25)12-19(24)14-5-3-7-16(21)11-14/h3-8,11,19,24H,2,9-10,12-13H2,1H3,(H,22,25). The Hall–Kier alpha value is -2.24. The zero-order valence-electron chi connectivity index (χ0n) is 14.3. The lowest BCUT2D eigenvalue weighted by Gasteiger charge is -2.29. The van der Waals surface area contributed by atoms with Crippen LogP contribution in [0.4, 0.5) is 10.1 Å². The van der Waals surface area contributed by atoms with E-state index in [1.807, 2.05) is 12.1 Å². The molecule has 4 nitrogen and oxygen atoms in total. The summed E-state index contributed by atoms with van der Waals surface area (Å²) in [5.74, 6) is -0.697. The fourth-order valence-electron chi connectivity index (χ4n) is 3.26. The Labute approximate surface area is 147 Å². The molecular formula is C20H23FN2O2. The molecule has 0 spiro atoms. The number of halogens is 1. The molecule has 3 rings (SSSR count). The maximum atomic E-state index is 13.2. The molecule has 132 valence electrons. The second-order valence-electron chi connectivity index (χ2n) is 6.39. The Balaban J connectivity index is 1.67. The van der Waals surface area contributed by atoms with Crippen LogP contribution in [0, 0.1) is 5.82 Å². The molecule has 2 aromatic rings. The highest BCUT2D eigenvalue weighted by Gasteiger charge is 2.19. The van der Waals surface area contributed by atoms with Gasteiger partial charge in [0.05, 0.1) is 12.5 Å². The van der Waals surface area contributed by atoms with Gasteiger partial charge in [-0.05, 0) is 47.9 Å². The minimum atomic E-state index is -1.02. The molecular weight excluding hydrogens is 319 g/mol. The monoisotopic (exact) mass is 342 g/mol. The van der Waals surface area contributed by atoms with E-state index in [1.54, 1.807) is 6.07 Å². The lowest BCUT2D eigenvalue weighted by molar-refractivity contribution is -0.118. The number of amides is 1. The number of nitrogens with zero attached hydrogens (tertiary/aromatic N) is 1. The van der Waals surface area contributed by atoms with Gasteiger partial charge < -0.3 is 10.4 Å². The van der Waals surface area contributed by atoms with Gasteiger partial charge in [0.25, 0.3) is 0 Å². The number of rotatable bonds is 5. The minimum absolute atomic E-state index is 0.103. The largest absolute Gasteiger partial charge is 0.388 e. The van der Waals surface area contributed by atoms with Crippen molar-refractivity contribution in [3.05, 3.63) is 65.0 Å². The quantitative estimate of drug-likeness (QED) is 0.877. The Morgan fingerprint density at radius 1 is 1.32 bits per heavy atom. The third kappa shape index (κ3) is 4.24. The first-order chi connectivity index (χ1) is 12.1. The molecule has 25 heavy (non-hydrogen) atoms. The predicted molar refractivity (Wildman–Crippen MR) is 95.7 cm³/mol. The first kappa shape index (κ1) is 17.6. The Morgan fingerprint density at radius 2 is 2.12 bits per heavy atom. The molecule has 0 saturated carbocycles. The van der Waals surface area contributed by atoms with Gasteiger partial charge in [-0.25, -0.2) is 4.39 Å². The molecule has 0 radical (unpaired) electrons. The number of aliphatic hydroxyl groups is 1. The molecule has 1 unspecified atom stereocenters. The highest BCUT2D eigenvalue weighted by atomic mass is 19.1. The topological polar surface area (TPSA) is 52.6 Å². The number of likely N-dealkylation sites (N-methyl/N-ethyl adjacent to an activating group) is 1. The summed E-state index contributed by atoms with van der Waals surface area (Å²) in [6.07, 6.45) is -0.230. The lowest BCUT2D eigenvalue weighted by atomic mass is 9.97. The van der Waals surface area contributed by atoms with Crippen LogP contribution in [0.1, 0.15) is 36.1 Å². The van der Waals surface area contributed by atoms with Gasteiger partial charge in [0.1, 0.15) is 5.82 Å². The van der Waals surface area contributed by atoms with Crippen molar-refractivity contribution in [2.45, 2.75) is 32.4 Å². The van der Waals surface area contributed by atoms with E-state index < -0.39 is 11.9 Å². The van der Waals surface area contributed by atoms with Crippen molar-refractivity contribution in [2.75, 3.05) is 18.4 Å². The zero-order valence-corrected chi connectivity index (χ0v) is 14.3. The van der Waals surface area contributed by atoms with Crippen molar-refractivity contribution >= 4 is 11.6 Å². The van der Waals surface area contributed by atoms with Gasteiger partial charge in [-0.2, -0.15) is 0 Å². The van der Waals surface area contributed by atoms with Crippen LogP contribution < -0.4 is 5.32 Å². The molecule has 2 aromatic carbocycles. The van der Waals surface area contributed by atoms with Crippen LogP contribution in [0.25, 0.3) is 0 Å². The number of carbonyl (C=O) groups is 1. The van der Waals surface area contributed by atoms with Gasteiger partial charge in [0.2, 0.25) is 5.91 Å². The first-order valence-electron chi connectivity index (χ1n) is 8.63. The van der Waals surface area contributed by atoms with E-state index in [0.29, 0.717) is 5.56 Å². The van der Waals surface area contributed by atoms with Crippen LogP contribution in [-0.4, -0.2) is 29.0 Å². The summed E-state index contributed by atoms with van der Waals surface area (Å²) in [7, 11) is 0. The molecule has 0 aromatic heterocycles. The SMILES string of the molecule is CCN1CCc2c(cccc2NC(=O)CC(O)c2cccc(F)c2)C1. The smallest absolute Gasteiger partial charge is 0.227 e. The van der Waals surface area contributed by atoms with Crippen LogP contribution in [0.5, 0.6) is 0 Å². The zero-order chi connectivity index (χ0) is 17.8. The highest BCUT2D eigenvalue weighted by molar-refractivity contribution is 5.92. The van der Waals surface area contributed by atoms with E-state index in [4.69, 9.17) is 0 Å². The molecule has 0 bridgehead atoms. The van der Waals surface area contributed by atoms with Gasteiger partial charge in [0.15, 0.2) is 0 Å². The fourth-order valence-corrected chi connectivity index (χ4v) is 3.26. The lowest BCUT2D eigenvalue weighted by Crippen LogP contribution is -2.31. The normalized spacial score (nSPS) is 15.5. The van der Waals surface area contributed by atoms with Gasteiger partial charge in [0, 0.05) is 18.8 Å². The summed E-state index contributed by atoms with van der Waals surface area (Å²) in [6.45, 7) is 5.02. The van der Waals surface area contributed by atoms with E-state index >= 15 is 0 Å². The number of benzene rings is 2. The second kappa shape index (κ2) is 7.76. The maximum absolute atomic E-state index is 13.2. The van der Waals surface area contributed by atoms with E-state index in [1.165, 1.54) is 29.3 Å². The Kier molecular flexibility index (Phi) is 5.46. The molecule has 0 fully saturated rings. The first-order valence-corrected chi connectivity index (χ1v) is 8.63. The number of anilines is 1. The summed E-state index contributed by atoms with van der Waals surface area (Å²) >= 11 is 0. The minimum Gasteiger partial charge on any atom is -0.388 e. The summed E-state index contributed by atoms with van der Waals surface area (Å²) in [6, 6.07) is 11.6. The van der Waals surface area contributed by atoms with E-state index in [2.05, 4.69) is 23.2 Å². The van der Waals surface area contributed by atoms with Crippen LogP contribution in [0.2, 0.25) is 0 Å². The number of carbonyl (C=O) groups excluding carboxylic acids is 1. The number of aliphatic hydroxyl groups excluding tert-OH is 1. The number of nitrogens with one attached hydrogen (secondary N) is 1. The van der Waals surface area contributed by atoms with Crippen molar-refractivity contribution in [2.24, 2.45) is 0 Å². The molecule has 1 aliphatic rings. The summed E-state index contributed by atoms with van der Waals surface area (Å²) < 4.78 is 13.2. The van der Waals surface area contributed by atoms with Crippen LogP contribution in [0.3, 0.4) is 0 Å². The van der Waals surface area contributed by atoms with E-state index in [-0.39, 0.29) is 12.3 Å². The average Bonchev–Trinajstić information content (AvgIpc) is 2.61. The molecule has 1 heterocycles. The van der Waals surface area contributed by atoms with Crippen LogP contribution in [0.15, 0.2) is 42.5 Å². The van der Waals surface area contributed by atoms with Crippen molar-refractivity contribution in [3.63, 3.8) is 0 Å². The maximum Gasteiger partial charge on any atom is 0.227 e. The third-order valence-corrected chi connectivity index (χ3v) is 4.68. The van der Waals surface area contributed by atoms with Gasteiger partial charge in [-0.1, -0.05) is 31.2 Å². The highest BCUT2D eigenvalue weighted by Crippen LogP contribution is 2.27. The van der Waals surface area contributed by atoms with Crippen molar-refractivity contribution in [1.82, 2.24) is 4.90 Å². The molecule has 0 saturated heterocycles. The van der Waals surface area contributed by atoms with Crippen molar-refractivity contribution < 1.29 is 14.3 Å². The van der Waals surface area contributed by atoms with Gasteiger partial charge >= 0.3 is 0 Å². The van der Waals surface area contributed by atoms with E-state index in [9.17, 15) is 14.3 Å². The number of fused-ring (bicyclic) bond motifs is 1. The van der Waals surface area contributed by atoms with Gasteiger partial charge in [-0.3, -0.25) is 9.69 Å². The van der Waals surface area contributed by atoms with Crippen LogP contribution >= 0.6 is 0 Å². The Morgan fingerprint density at radius 3 is 2.88 bits per heavy atom. The van der Waals surface area contributed by atoms with Gasteiger partial charge in [-0.15, -0.1) is 0 Å². The average molecular weight is 342 g/mol. The number of hydrogen-bond acceptors (Lipinski definition) is 3. The third-order valence-electron chi connectivity index (χ3n) is 4.68. The van der Waals surface area contributed by atoms with Crippen LogP contribution in [-0.2, 0) is 17.8 Å². The number of hydrogen-bond donors (Lipinski definition) is 2. The Bertz CT molecular complexity index is 763. The predicted octanol–water partition coefficient (Wildman–Crippen LogP) is 3.27. The second-order valence-corrected chi connectivity index (χ2v) is 6.39. The molecule has 2 N–H and O–H groups in total. The molecule has 1 atom stereocenters. The summed E-state index contributed by atoms with van der Waals surface area (Å²) in [5.41, 5.74) is 3.62.